The number of rotatable bonds is 13. The van der Waals surface area contributed by atoms with Crippen molar-refractivity contribution in [2.45, 2.75) is 43.7 Å². The Hall–Kier alpha value is -3.40. The Kier molecular flexibility index (Phi) is 10.3. The van der Waals surface area contributed by atoms with E-state index < -0.39 is 22.2 Å². The average Bonchev–Trinajstić information content (AvgIpc) is 2.89. The molecule has 9 heteroatoms. The molecule has 0 bridgehead atoms. The first kappa shape index (κ1) is 29.2. The van der Waals surface area contributed by atoms with Crippen LogP contribution < -0.4 is 15.8 Å². The lowest BCUT2D eigenvalue weighted by Gasteiger charge is -2.31. The number of nitrogens with two attached hydrogens (primary N) is 1. The van der Waals surface area contributed by atoms with Gasteiger partial charge in [0, 0.05) is 18.8 Å². The van der Waals surface area contributed by atoms with Crippen LogP contribution in [-0.2, 0) is 27.7 Å². The van der Waals surface area contributed by atoms with Crippen LogP contribution in [0.1, 0.15) is 25.0 Å². The molecule has 0 saturated heterocycles. The molecule has 0 aliphatic heterocycles. The van der Waals surface area contributed by atoms with E-state index in [4.69, 9.17) is 10.5 Å². The molecule has 0 spiro atoms. The number of aliphatic hydroxyl groups excluding tert-OH is 1. The molecule has 3 aromatic carbocycles. The third kappa shape index (κ3) is 8.31. The number of hydrogen-bond donors (Lipinski definition) is 3. The predicted octanol–water partition coefficient (Wildman–Crippen LogP) is 3.26. The van der Waals surface area contributed by atoms with Gasteiger partial charge in [-0.15, -0.1) is 0 Å². The summed E-state index contributed by atoms with van der Waals surface area (Å²) < 4.78 is 33.4. The second kappa shape index (κ2) is 13.4. The molecule has 0 unspecified atom stereocenters. The normalized spacial score (nSPS) is 13.3. The number of carbonyl (C=O) groups is 1. The number of carbonyl (C=O) groups excluding carboxylic acids is 1. The van der Waals surface area contributed by atoms with Crippen LogP contribution in [0.5, 0.6) is 5.75 Å². The van der Waals surface area contributed by atoms with Crippen LogP contribution >= 0.6 is 0 Å². The van der Waals surface area contributed by atoms with Gasteiger partial charge in [0.25, 0.3) is 0 Å². The Bertz CT molecular complexity index is 1260. The van der Waals surface area contributed by atoms with Crippen LogP contribution in [-0.4, -0.2) is 56.1 Å². The van der Waals surface area contributed by atoms with Gasteiger partial charge in [-0.1, -0.05) is 56.3 Å². The molecule has 8 nitrogen and oxygen atoms in total. The molecule has 3 rings (SSSR count). The molecule has 0 fully saturated rings. The highest BCUT2D eigenvalue weighted by Crippen LogP contribution is 2.20. The first-order valence-electron chi connectivity index (χ1n) is 12.6. The van der Waals surface area contributed by atoms with Gasteiger partial charge in [0.05, 0.1) is 30.6 Å². The summed E-state index contributed by atoms with van der Waals surface area (Å²) in [6.45, 7) is 3.86. The number of anilines is 1. The number of benzene rings is 3. The predicted molar refractivity (Wildman–Crippen MR) is 149 cm³/mol. The second-order valence-corrected chi connectivity index (χ2v) is 11.7. The maximum atomic E-state index is 13.5. The molecule has 0 saturated carbocycles. The van der Waals surface area contributed by atoms with E-state index in [0.29, 0.717) is 17.9 Å². The smallest absolute Gasteiger partial charge is 0.243 e. The number of aliphatic hydroxyl groups is 1. The number of sulfonamides is 1. The largest absolute Gasteiger partial charge is 0.497 e. The second-order valence-electron chi connectivity index (χ2n) is 9.74. The molecular weight excluding hydrogens is 502 g/mol. The van der Waals surface area contributed by atoms with Crippen LogP contribution in [0.15, 0.2) is 83.8 Å². The molecule has 4 N–H and O–H groups in total. The van der Waals surface area contributed by atoms with Gasteiger partial charge in [0.2, 0.25) is 15.9 Å². The molecule has 1 amide bonds. The third-order valence-corrected chi connectivity index (χ3v) is 7.96. The fourth-order valence-corrected chi connectivity index (χ4v) is 5.76. The molecule has 0 aliphatic rings. The van der Waals surface area contributed by atoms with Gasteiger partial charge in [-0.25, -0.2) is 8.42 Å². The molecule has 0 aliphatic carbocycles. The number of nitrogen functional groups attached to an aromatic ring is 1. The Morgan fingerprint density at radius 1 is 0.947 bits per heavy atom. The van der Waals surface area contributed by atoms with E-state index in [-0.39, 0.29) is 36.2 Å². The summed E-state index contributed by atoms with van der Waals surface area (Å²) in [6.07, 6.45) is -0.702. The van der Waals surface area contributed by atoms with E-state index >= 15 is 0 Å². The zero-order valence-electron chi connectivity index (χ0n) is 22.1. The third-order valence-electron chi connectivity index (χ3n) is 6.11. The summed E-state index contributed by atoms with van der Waals surface area (Å²) in [5, 5.41) is 14.3. The monoisotopic (exact) mass is 539 g/mol. The number of ether oxygens (including phenoxy) is 1. The minimum Gasteiger partial charge on any atom is -0.497 e. The number of hydrogen-bond acceptors (Lipinski definition) is 6. The van der Waals surface area contributed by atoms with Crippen LogP contribution in [0.2, 0.25) is 0 Å². The van der Waals surface area contributed by atoms with Crippen LogP contribution in [0.4, 0.5) is 5.69 Å². The highest BCUT2D eigenvalue weighted by atomic mass is 32.2. The van der Waals surface area contributed by atoms with Gasteiger partial charge in [-0.2, -0.15) is 4.31 Å². The number of methoxy groups -OCH3 is 1. The Morgan fingerprint density at radius 2 is 1.58 bits per heavy atom. The maximum absolute atomic E-state index is 13.5. The highest BCUT2D eigenvalue weighted by molar-refractivity contribution is 7.89. The minimum absolute atomic E-state index is 0.0167. The highest BCUT2D eigenvalue weighted by Gasteiger charge is 2.31. The lowest BCUT2D eigenvalue weighted by molar-refractivity contribution is -0.122. The lowest BCUT2D eigenvalue weighted by atomic mass is 10.00. The van der Waals surface area contributed by atoms with E-state index in [1.807, 2.05) is 56.3 Å². The SMILES string of the molecule is COc1ccc(CC(=O)N[C@@H](Cc2ccccc2)[C@H](O)CN(CC(C)C)S(=O)(=O)c2ccc(N)cc2)cc1. The number of nitrogens with one attached hydrogen (secondary N) is 1. The minimum atomic E-state index is -3.90. The fourth-order valence-electron chi connectivity index (χ4n) is 4.14. The quantitative estimate of drug-likeness (QED) is 0.287. The Balaban J connectivity index is 1.82. The van der Waals surface area contributed by atoms with E-state index in [1.54, 1.807) is 19.2 Å². The van der Waals surface area contributed by atoms with E-state index in [9.17, 15) is 18.3 Å². The maximum Gasteiger partial charge on any atom is 0.243 e. The molecule has 38 heavy (non-hydrogen) atoms. The van der Waals surface area contributed by atoms with Crippen molar-refractivity contribution in [1.82, 2.24) is 9.62 Å². The van der Waals surface area contributed by atoms with Crippen molar-refractivity contribution in [3.05, 3.63) is 90.0 Å². The summed E-state index contributed by atoms with van der Waals surface area (Å²) in [6, 6.07) is 21.9. The number of amides is 1. The van der Waals surface area contributed by atoms with Crippen molar-refractivity contribution in [1.29, 1.82) is 0 Å². The summed E-state index contributed by atoms with van der Waals surface area (Å²) in [4.78, 5) is 13.1. The van der Waals surface area contributed by atoms with E-state index in [1.165, 1.54) is 28.6 Å². The summed E-state index contributed by atoms with van der Waals surface area (Å²) in [7, 11) is -2.33. The van der Waals surface area contributed by atoms with Crippen LogP contribution in [0.25, 0.3) is 0 Å². The van der Waals surface area contributed by atoms with Crippen molar-refractivity contribution in [2.24, 2.45) is 5.92 Å². The molecule has 204 valence electrons. The van der Waals surface area contributed by atoms with Crippen LogP contribution in [0.3, 0.4) is 0 Å². The zero-order chi connectivity index (χ0) is 27.7. The number of nitrogens with zero attached hydrogens (tertiary/aromatic N) is 1. The molecular formula is C29H37N3O5S. The van der Waals surface area contributed by atoms with Crippen molar-refractivity contribution in [2.75, 3.05) is 25.9 Å². The first-order chi connectivity index (χ1) is 18.1. The first-order valence-corrected chi connectivity index (χ1v) is 14.0. The van der Waals surface area contributed by atoms with Gasteiger partial charge >= 0.3 is 0 Å². The van der Waals surface area contributed by atoms with Crippen molar-refractivity contribution >= 4 is 21.6 Å². The molecule has 3 aromatic rings. The molecule has 0 aromatic heterocycles. The standard InChI is InChI=1S/C29H37N3O5S/c1-21(2)19-32(38(35,36)26-15-11-24(30)12-16-26)20-28(33)27(17-22-7-5-4-6-8-22)31-29(34)18-23-9-13-25(37-3)14-10-23/h4-16,21,27-28,33H,17-20,30H2,1-3H3,(H,31,34)/t27-,28+/m0/s1. The van der Waals surface area contributed by atoms with Crippen molar-refractivity contribution in [3.63, 3.8) is 0 Å². The van der Waals surface area contributed by atoms with Gasteiger partial charge in [-0.3, -0.25) is 4.79 Å². The Morgan fingerprint density at radius 3 is 2.16 bits per heavy atom. The topological polar surface area (TPSA) is 122 Å². The summed E-state index contributed by atoms with van der Waals surface area (Å²) in [5.41, 5.74) is 7.91. The Labute approximate surface area is 225 Å². The average molecular weight is 540 g/mol. The lowest BCUT2D eigenvalue weighted by Crippen LogP contribution is -2.51. The summed E-state index contributed by atoms with van der Waals surface area (Å²) >= 11 is 0. The van der Waals surface area contributed by atoms with Gasteiger partial charge in [0.15, 0.2) is 0 Å². The van der Waals surface area contributed by atoms with Gasteiger partial charge in [0.1, 0.15) is 5.75 Å². The van der Waals surface area contributed by atoms with E-state index in [2.05, 4.69) is 5.32 Å². The molecule has 0 radical (unpaired) electrons. The van der Waals surface area contributed by atoms with E-state index in [0.717, 1.165) is 11.1 Å². The van der Waals surface area contributed by atoms with Crippen LogP contribution in [0, 0.1) is 5.92 Å². The molecule has 2 atom stereocenters. The molecule has 0 heterocycles. The van der Waals surface area contributed by atoms with Crippen molar-refractivity contribution in [3.8, 4) is 5.75 Å². The fraction of sp³-hybridized carbons (Fsp3) is 0.345. The summed E-state index contributed by atoms with van der Waals surface area (Å²) in [5.74, 6) is 0.439. The van der Waals surface area contributed by atoms with Gasteiger partial charge in [-0.05, 0) is 59.9 Å². The van der Waals surface area contributed by atoms with Gasteiger partial charge < -0.3 is 20.9 Å². The zero-order valence-corrected chi connectivity index (χ0v) is 22.9. The van der Waals surface area contributed by atoms with Crippen molar-refractivity contribution < 1.29 is 23.1 Å².